The van der Waals surface area contributed by atoms with Crippen LogP contribution >= 0.6 is 11.6 Å². The molecular weight excluding hydrogens is 568 g/mol. The molecule has 1 N–H and O–H groups in total. The number of sulfone groups is 1. The van der Waals surface area contributed by atoms with Gasteiger partial charge in [-0.2, -0.15) is 0 Å². The maximum atomic E-state index is 14.0. The second kappa shape index (κ2) is 12.5. The lowest BCUT2D eigenvalue weighted by atomic mass is 9.90. The number of ether oxygens (including phenoxy) is 2. The quantitative estimate of drug-likeness (QED) is 0.334. The lowest BCUT2D eigenvalue weighted by Crippen LogP contribution is -2.32. The van der Waals surface area contributed by atoms with E-state index in [1.54, 1.807) is 71.3 Å². The second-order valence-electron chi connectivity index (χ2n) is 10.7. The first-order valence-corrected chi connectivity index (χ1v) is 15.1. The number of amides is 1. The maximum Gasteiger partial charge on any atom is 0.407 e. The summed E-state index contributed by atoms with van der Waals surface area (Å²) in [5, 5.41) is 2.88. The van der Waals surface area contributed by atoms with Crippen LogP contribution in [0, 0.1) is 6.92 Å². The van der Waals surface area contributed by atoms with Crippen LogP contribution in [-0.2, 0) is 33.9 Å². The minimum absolute atomic E-state index is 0.0489. The van der Waals surface area contributed by atoms with Gasteiger partial charge in [-0.05, 0) is 68.1 Å². The fourth-order valence-electron chi connectivity index (χ4n) is 4.19. The number of aromatic nitrogens is 1. The van der Waals surface area contributed by atoms with Crippen molar-refractivity contribution in [3.63, 3.8) is 0 Å². The zero-order valence-corrected chi connectivity index (χ0v) is 25.8. The third kappa shape index (κ3) is 7.98. The van der Waals surface area contributed by atoms with Crippen LogP contribution < -0.4 is 15.6 Å². The predicted molar refractivity (Wildman–Crippen MR) is 160 cm³/mol. The van der Waals surface area contributed by atoms with Crippen molar-refractivity contribution >= 4 is 33.3 Å². The molecule has 0 fully saturated rings. The van der Waals surface area contributed by atoms with Crippen molar-refractivity contribution in [1.82, 2.24) is 9.88 Å². The highest BCUT2D eigenvalue weighted by Crippen LogP contribution is 2.34. The molecule has 0 saturated heterocycles. The topological polar surface area (TPSA) is 121 Å². The number of benzene rings is 2. The van der Waals surface area contributed by atoms with Crippen LogP contribution in [-0.4, -0.2) is 43.3 Å². The van der Waals surface area contributed by atoms with Gasteiger partial charge in [0.15, 0.2) is 15.6 Å². The van der Waals surface area contributed by atoms with E-state index in [1.165, 1.54) is 17.7 Å². The molecule has 2 aromatic carbocycles. The van der Waals surface area contributed by atoms with Gasteiger partial charge in [0, 0.05) is 48.3 Å². The number of carbonyl (C=O) groups excluding carboxylic acids is 2. The molecule has 0 bridgehead atoms. The van der Waals surface area contributed by atoms with Crippen molar-refractivity contribution in [2.45, 2.75) is 52.5 Å². The number of hydrogen-bond acceptors (Lipinski definition) is 7. The third-order valence-electron chi connectivity index (χ3n) is 6.31. The first kappa shape index (κ1) is 31.9. The summed E-state index contributed by atoms with van der Waals surface area (Å²) in [6.45, 7) is 8.49. The normalized spacial score (nSPS) is 11.7. The van der Waals surface area contributed by atoms with Gasteiger partial charge in [-0.25, -0.2) is 13.2 Å². The molecule has 0 aliphatic heterocycles. The molecule has 1 aromatic heterocycles. The van der Waals surface area contributed by atoms with E-state index in [0.29, 0.717) is 28.0 Å². The zero-order chi connectivity index (χ0) is 30.7. The van der Waals surface area contributed by atoms with E-state index in [1.807, 2.05) is 6.92 Å². The molecule has 3 rings (SSSR count). The van der Waals surface area contributed by atoms with Crippen LogP contribution in [0.3, 0.4) is 0 Å². The lowest BCUT2D eigenvalue weighted by Gasteiger charge is -2.21. The van der Waals surface area contributed by atoms with Gasteiger partial charge in [-0.3, -0.25) is 9.59 Å². The Morgan fingerprint density at radius 1 is 1.05 bits per heavy atom. The molecular formula is C30H35ClN2O7S. The van der Waals surface area contributed by atoms with E-state index >= 15 is 0 Å². The summed E-state index contributed by atoms with van der Waals surface area (Å²) in [6, 6.07) is 9.32. The summed E-state index contributed by atoms with van der Waals surface area (Å²) < 4.78 is 37.0. The molecule has 0 unspecified atom stereocenters. The van der Waals surface area contributed by atoms with Crippen molar-refractivity contribution in [1.29, 1.82) is 0 Å². The molecule has 0 atom stereocenters. The van der Waals surface area contributed by atoms with Crippen LogP contribution in [0.1, 0.15) is 60.3 Å². The molecule has 0 aliphatic carbocycles. The van der Waals surface area contributed by atoms with Gasteiger partial charge >= 0.3 is 6.09 Å². The van der Waals surface area contributed by atoms with Crippen LogP contribution in [0.5, 0.6) is 5.75 Å². The number of nitrogens with zero attached hydrogens (tertiary/aromatic N) is 1. The number of methoxy groups -OCH3 is 1. The molecule has 0 spiro atoms. The molecule has 3 aromatic rings. The van der Waals surface area contributed by atoms with E-state index in [-0.39, 0.29) is 39.8 Å². The molecule has 1 amide bonds. The van der Waals surface area contributed by atoms with E-state index in [0.717, 1.165) is 5.56 Å². The van der Waals surface area contributed by atoms with Crippen LogP contribution in [0.2, 0.25) is 5.02 Å². The summed E-state index contributed by atoms with van der Waals surface area (Å²) >= 11 is 6.49. The molecule has 0 aliphatic rings. The maximum absolute atomic E-state index is 14.0. The van der Waals surface area contributed by atoms with Crippen LogP contribution in [0.15, 0.2) is 47.4 Å². The average Bonchev–Trinajstić information content (AvgIpc) is 2.87. The van der Waals surface area contributed by atoms with E-state index in [4.69, 9.17) is 21.1 Å². The molecule has 0 saturated carbocycles. The number of nitrogens with one attached hydrogen (secondary N) is 1. The highest BCUT2D eigenvalue weighted by Gasteiger charge is 2.23. The number of carbonyl (C=O) groups is 2. The SMILES string of the molecule is CCS(=O)(=O)Cc1ccc(C(=O)c2cc(OC)c(C)cc2Cl)c(-c2cn(C)c(=O)cc2CNC(=O)OC(C)(C)C)c1. The van der Waals surface area contributed by atoms with Gasteiger partial charge in [0.1, 0.15) is 11.4 Å². The zero-order valence-electron chi connectivity index (χ0n) is 24.3. The summed E-state index contributed by atoms with van der Waals surface area (Å²) in [5.41, 5.74) is 1.83. The van der Waals surface area contributed by atoms with Crippen molar-refractivity contribution in [3.8, 4) is 16.9 Å². The van der Waals surface area contributed by atoms with Crippen molar-refractivity contribution < 1.29 is 27.5 Å². The van der Waals surface area contributed by atoms with Crippen molar-refractivity contribution in [2.24, 2.45) is 7.05 Å². The summed E-state index contributed by atoms with van der Waals surface area (Å²) in [4.78, 5) is 39.0. The molecule has 11 heteroatoms. The summed E-state index contributed by atoms with van der Waals surface area (Å²) in [5.74, 6) is -0.226. The smallest absolute Gasteiger partial charge is 0.407 e. The van der Waals surface area contributed by atoms with E-state index < -0.39 is 27.3 Å². The van der Waals surface area contributed by atoms with Gasteiger partial charge in [0.05, 0.1) is 17.9 Å². The van der Waals surface area contributed by atoms with Crippen molar-refractivity contribution in [2.75, 3.05) is 12.9 Å². The average molecular weight is 603 g/mol. The molecule has 1 heterocycles. The summed E-state index contributed by atoms with van der Waals surface area (Å²) in [6.07, 6.45) is 0.873. The van der Waals surface area contributed by atoms with E-state index in [2.05, 4.69) is 5.32 Å². The van der Waals surface area contributed by atoms with Crippen molar-refractivity contribution in [3.05, 3.63) is 85.8 Å². The molecule has 0 radical (unpaired) electrons. The Kier molecular flexibility index (Phi) is 9.71. The molecule has 220 valence electrons. The Morgan fingerprint density at radius 3 is 2.34 bits per heavy atom. The largest absolute Gasteiger partial charge is 0.496 e. The van der Waals surface area contributed by atoms with E-state index in [9.17, 15) is 22.8 Å². The first-order chi connectivity index (χ1) is 19.0. The Hall–Kier alpha value is -3.63. The number of rotatable bonds is 9. The van der Waals surface area contributed by atoms with Gasteiger partial charge in [-0.1, -0.05) is 30.7 Å². The minimum Gasteiger partial charge on any atom is -0.496 e. The predicted octanol–water partition coefficient (Wildman–Crippen LogP) is 5.21. The van der Waals surface area contributed by atoms with Gasteiger partial charge in [0.25, 0.3) is 5.56 Å². The van der Waals surface area contributed by atoms with Crippen LogP contribution in [0.4, 0.5) is 4.79 Å². The number of halogens is 1. The Morgan fingerprint density at radius 2 is 1.73 bits per heavy atom. The number of alkyl carbamates (subject to hydrolysis) is 1. The van der Waals surface area contributed by atoms with Crippen LogP contribution in [0.25, 0.3) is 11.1 Å². The standard InChI is InChI=1S/C30H35ClN2O7S/c1-8-41(37,38)17-19-9-10-21(28(35)23-14-26(39-7)18(2)11-25(23)31)22(12-19)24-16-33(6)27(34)13-20(24)15-32-29(36)40-30(3,4)5/h9-14,16H,8,15,17H2,1-7H3,(H,32,36). The third-order valence-corrected chi connectivity index (χ3v) is 8.28. The van der Waals surface area contributed by atoms with Gasteiger partial charge < -0.3 is 19.4 Å². The number of ketones is 1. The Labute approximate surface area is 245 Å². The lowest BCUT2D eigenvalue weighted by molar-refractivity contribution is 0.0523. The number of pyridine rings is 1. The van der Waals surface area contributed by atoms with Gasteiger partial charge in [-0.15, -0.1) is 0 Å². The first-order valence-electron chi connectivity index (χ1n) is 12.9. The fourth-order valence-corrected chi connectivity index (χ4v) is 5.38. The minimum atomic E-state index is -3.39. The highest BCUT2D eigenvalue weighted by atomic mass is 35.5. The number of aryl methyl sites for hydroxylation is 2. The monoisotopic (exact) mass is 602 g/mol. The fraction of sp³-hybridized carbons (Fsp3) is 0.367. The Balaban J connectivity index is 2.23. The summed E-state index contributed by atoms with van der Waals surface area (Å²) in [7, 11) is -0.338. The second-order valence-corrected chi connectivity index (χ2v) is 13.5. The molecule has 41 heavy (non-hydrogen) atoms. The highest BCUT2D eigenvalue weighted by molar-refractivity contribution is 7.90. The van der Waals surface area contributed by atoms with Gasteiger partial charge in [0.2, 0.25) is 0 Å². The molecule has 9 nitrogen and oxygen atoms in total. The number of hydrogen-bond donors (Lipinski definition) is 1. The Bertz CT molecular complexity index is 1650.